The molecule has 0 aromatic heterocycles. The third kappa shape index (κ3) is 3.45. The van der Waals surface area contributed by atoms with E-state index in [2.05, 4.69) is 19.6 Å². The quantitative estimate of drug-likeness (QED) is 0.168. The zero-order valence-corrected chi connectivity index (χ0v) is 24.6. The van der Waals surface area contributed by atoms with Crippen LogP contribution in [0.4, 0.5) is 0 Å². The third-order valence-corrected chi connectivity index (χ3v) is 10.3. The van der Waals surface area contributed by atoms with Crippen LogP contribution in [0.1, 0.15) is 47.5 Å². The van der Waals surface area contributed by atoms with Crippen LogP contribution in [0.15, 0.2) is 60.3 Å². The third-order valence-electron chi connectivity index (χ3n) is 10.3. The number of ketones is 1. The highest BCUT2D eigenvalue weighted by atomic mass is 16.9. The first-order chi connectivity index (χ1) is 19.8. The van der Waals surface area contributed by atoms with Crippen LogP contribution in [0.25, 0.3) is 0 Å². The summed E-state index contributed by atoms with van der Waals surface area (Å²) in [5, 5.41) is 34.4. The first-order valence-corrected chi connectivity index (χ1v) is 14.7. The minimum atomic E-state index is -2.39. The van der Waals surface area contributed by atoms with E-state index in [-0.39, 0.29) is 5.57 Å². The fraction of sp³-hybridized carbons (Fsp3) is 0.625. The summed E-state index contributed by atoms with van der Waals surface area (Å²) in [6.07, 6.45) is 10.0. The summed E-state index contributed by atoms with van der Waals surface area (Å²) in [6, 6.07) is 0. The van der Waals surface area contributed by atoms with Gasteiger partial charge in [-0.1, -0.05) is 63.3 Å². The van der Waals surface area contributed by atoms with Crippen molar-refractivity contribution >= 4 is 11.8 Å². The van der Waals surface area contributed by atoms with Gasteiger partial charge < -0.3 is 39.0 Å². The zero-order chi connectivity index (χ0) is 30.5. The van der Waals surface area contributed by atoms with E-state index >= 15 is 0 Å². The first-order valence-electron chi connectivity index (χ1n) is 14.7. The Morgan fingerprint density at radius 3 is 2.50 bits per heavy atom. The van der Waals surface area contributed by atoms with Crippen LogP contribution < -0.4 is 0 Å². The molecule has 2 saturated carbocycles. The summed E-state index contributed by atoms with van der Waals surface area (Å²) >= 11 is 0. The highest BCUT2D eigenvalue weighted by molar-refractivity contribution is 6.05. The molecule has 10 nitrogen and oxygen atoms in total. The maximum absolute atomic E-state index is 13.6. The summed E-state index contributed by atoms with van der Waals surface area (Å²) in [6.45, 7) is 12.1. The number of Topliss-reactive ketones (excluding diaryl/α,β-unsaturated/α-hetero) is 1. The van der Waals surface area contributed by atoms with E-state index < -0.39 is 88.9 Å². The molecule has 3 aliphatic carbocycles. The molecule has 0 amide bonds. The summed E-state index contributed by atoms with van der Waals surface area (Å²) in [5.41, 5.74) is -6.19. The van der Waals surface area contributed by atoms with Crippen molar-refractivity contribution in [3.8, 4) is 0 Å². The average molecular weight is 585 g/mol. The molecule has 12 atom stereocenters. The fourth-order valence-electron chi connectivity index (χ4n) is 8.45. The number of hydrogen-bond donors (Lipinski definition) is 3. The molecule has 5 fully saturated rings. The number of ether oxygens (including phenoxy) is 5. The van der Waals surface area contributed by atoms with Gasteiger partial charge in [0, 0.05) is 30.8 Å². The minimum Gasteiger partial charge on any atom is -0.459 e. The summed E-state index contributed by atoms with van der Waals surface area (Å²) in [4.78, 5) is 26.2. The SMILES string of the molecule is C=C(C)[C@@]12O[C@@]3(C=CC=CC=CCCC)O[C@@H]1[C@@H]1[C@@H]4O[C@]4(CO)[C@@H](O)[C@]4(O)C(=O)C(C)=C[C@H]4[C@@]1(O3)[C@H](C)[C@H]2OC(C)=O. The number of rotatable bonds is 8. The molecule has 10 heteroatoms. The van der Waals surface area contributed by atoms with E-state index in [4.69, 9.17) is 23.7 Å². The van der Waals surface area contributed by atoms with Crippen LogP contribution in [0.5, 0.6) is 0 Å². The van der Waals surface area contributed by atoms with Crippen molar-refractivity contribution < 1.29 is 48.6 Å². The summed E-state index contributed by atoms with van der Waals surface area (Å²) in [7, 11) is 0. The van der Waals surface area contributed by atoms with Crippen molar-refractivity contribution in [2.45, 2.75) is 100 Å². The average Bonchev–Trinajstić information content (AvgIpc) is 3.57. The Bertz CT molecular complexity index is 1330. The van der Waals surface area contributed by atoms with E-state index in [9.17, 15) is 24.9 Å². The lowest BCUT2D eigenvalue weighted by molar-refractivity contribution is -0.407. The molecule has 3 heterocycles. The summed E-state index contributed by atoms with van der Waals surface area (Å²) in [5.74, 6) is -5.65. The number of aliphatic hydroxyl groups excluding tert-OH is 2. The van der Waals surface area contributed by atoms with Crippen LogP contribution >= 0.6 is 0 Å². The largest absolute Gasteiger partial charge is 0.459 e. The zero-order valence-electron chi connectivity index (χ0n) is 24.6. The molecule has 0 radical (unpaired) electrons. The molecule has 0 unspecified atom stereocenters. The van der Waals surface area contributed by atoms with Crippen molar-refractivity contribution in [1.29, 1.82) is 0 Å². The van der Waals surface area contributed by atoms with Crippen LogP contribution in [0.3, 0.4) is 0 Å². The van der Waals surface area contributed by atoms with Gasteiger partial charge in [0.2, 0.25) is 0 Å². The molecule has 3 bridgehead atoms. The van der Waals surface area contributed by atoms with Crippen molar-refractivity contribution in [3.63, 3.8) is 0 Å². The van der Waals surface area contributed by atoms with E-state index in [1.165, 1.54) is 6.92 Å². The topological polar surface area (TPSA) is 144 Å². The maximum atomic E-state index is 13.6. The van der Waals surface area contributed by atoms with Crippen LogP contribution in [-0.2, 0) is 33.3 Å². The van der Waals surface area contributed by atoms with E-state index in [0.29, 0.717) is 5.57 Å². The lowest BCUT2D eigenvalue weighted by atomic mass is 9.53. The number of carbonyl (C=O) groups excluding carboxylic acids is 2. The van der Waals surface area contributed by atoms with Crippen LogP contribution in [-0.4, -0.2) is 86.5 Å². The maximum Gasteiger partial charge on any atom is 0.307 e. The number of esters is 1. The Kier molecular flexibility index (Phi) is 6.72. The van der Waals surface area contributed by atoms with Gasteiger partial charge in [0.15, 0.2) is 17.0 Å². The number of allylic oxidation sites excluding steroid dienone is 5. The number of epoxide rings is 1. The number of carbonyl (C=O) groups is 2. The number of aliphatic hydroxyl groups is 3. The molecular weight excluding hydrogens is 544 g/mol. The van der Waals surface area contributed by atoms with Gasteiger partial charge in [-0.05, 0) is 31.4 Å². The molecule has 228 valence electrons. The Balaban J connectivity index is 1.57. The Hall–Kier alpha value is -2.44. The molecule has 6 rings (SSSR count). The molecule has 3 aliphatic heterocycles. The van der Waals surface area contributed by atoms with Gasteiger partial charge in [0.25, 0.3) is 0 Å². The number of unbranched alkanes of at least 4 members (excludes halogenated alkanes) is 1. The summed E-state index contributed by atoms with van der Waals surface area (Å²) < 4.78 is 32.3. The number of hydrogen-bond acceptors (Lipinski definition) is 10. The minimum absolute atomic E-state index is 0.240. The van der Waals surface area contributed by atoms with Gasteiger partial charge >= 0.3 is 11.9 Å². The van der Waals surface area contributed by atoms with Crippen molar-refractivity contribution in [1.82, 2.24) is 0 Å². The van der Waals surface area contributed by atoms with Crippen LogP contribution in [0.2, 0.25) is 0 Å². The van der Waals surface area contributed by atoms with E-state index in [0.717, 1.165) is 12.8 Å². The molecular formula is C32H40O10. The van der Waals surface area contributed by atoms with Crippen molar-refractivity contribution in [2.24, 2.45) is 17.8 Å². The second-order valence-electron chi connectivity index (χ2n) is 12.6. The van der Waals surface area contributed by atoms with Crippen molar-refractivity contribution in [3.05, 3.63) is 60.3 Å². The second kappa shape index (κ2) is 9.53. The molecule has 0 spiro atoms. The van der Waals surface area contributed by atoms with Gasteiger partial charge in [-0.25, -0.2) is 0 Å². The second-order valence-corrected chi connectivity index (χ2v) is 12.6. The van der Waals surface area contributed by atoms with E-state index in [1.54, 1.807) is 38.2 Å². The first kappa shape index (κ1) is 29.6. The molecule has 42 heavy (non-hydrogen) atoms. The van der Waals surface area contributed by atoms with Gasteiger partial charge in [0.05, 0.1) is 12.2 Å². The fourth-order valence-corrected chi connectivity index (χ4v) is 8.45. The predicted octanol–water partition coefficient (Wildman–Crippen LogP) is 2.19. The lowest BCUT2D eigenvalue weighted by Crippen LogP contribution is -2.76. The van der Waals surface area contributed by atoms with Gasteiger partial charge in [-0.15, -0.1) is 0 Å². The monoisotopic (exact) mass is 584 g/mol. The number of fused-ring (bicyclic) bond motifs is 3. The standard InChI is InChI=1S/C32H40O10/c1-7-8-9-10-11-12-13-14-29-40-26-22-25-28(16-33,39-25)27(36)30(37)21(15-18(4)23(30)35)32(22,42-29)19(5)24(38-20(6)34)31(26,41-29)17(2)3/h9-15,19,21-22,24-27,33,36-37H,2,7-8,16H2,1,3-6H3/t19-,21-,22+,24-,25+,26-,27-,28+,29-,30-,31+,32+/m1/s1. The molecule has 3 saturated heterocycles. The lowest BCUT2D eigenvalue weighted by Gasteiger charge is -2.61. The Morgan fingerprint density at radius 1 is 1.14 bits per heavy atom. The van der Waals surface area contributed by atoms with Gasteiger partial charge in [-0.3, -0.25) is 9.59 Å². The molecule has 3 N–H and O–H groups in total. The smallest absolute Gasteiger partial charge is 0.307 e. The molecule has 0 aromatic carbocycles. The Labute approximate surface area is 245 Å². The molecule has 6 aliphatic rings. The van der Waals surface area contributed by atoms with E-state index in [1.807, 2.05) is 19.1 Å². The van der Waals surface area contributed by atoms with Crippen molar-refractivity contribution in [2.75, 3.05) is 6.61 Å². The predicted molar refractivity (Wildman–Crippen MR) is 148 cm³/mol. The van der Waals surface area contributed by atoms with Gasteiger partial charge in [-0.2, -0.15) is 0 Å². The Morgan fingerprint density at radius 2 is 1.86 bits per heavy atom. The highest BCUT2D eigenvalue weighted by Crippen LogP contribution is 2.73. The normalized spacial score (nSPS) is 50.1. The molecule has 0 aromatic rings. The highest BCUT2D eigenvalue weighted by Gasteiger charge is 2.90. The van der Waals surface area contributed by atoms with Gasteiger partial charge in [0.1, 0.15) is 30.0 Å². The van der Waals surface area contributed by atoms with Crippen LogP contribution in [0, 0.1) is 17.8 Å².